The summed E-state index contributed by atoms with van der Waals surface area (Å²) in [4.78, 5) is 34.5. The number of carbonyl (C=O) groups is 3. The van der Waals surface area contributed by atoms with Crippen LogP contribution in [0.2, 0.25) is 0 Å². The summed E-state index contributed by atoms with van der Waals surface area (Å²) in [6.07, 6.45) is -5.81. The molecular weight excluding hydrogens is 412 g/mol. The molecule has 0 aliphatic carbocycles. The molecule has 31 heavy (non-hydrogen) atoms. The Bertz CT molecular complexity index is 784. The lowest BCUT2D eigenvalue weighted by Gasteiger charge is -2.29. The van der Waals surface area contributed by atoms with E-state index in [-0.39, 0.29) is 29.9 Å². The van der Waals surface area contributed by atoms with Gasteiger partial charge in [0.05, 0.1) is 18.6 Å². The van der Waals surface area contributed by atoms with Gasteiger partial charge in [0.1, 0.15) is 17.4 Å². The minimum Gasteiger partial charge on any atom is -0.507 e. The van der Waals surface area contributed by atoms with Gasteiger partial charge in [0.25, 0.3) is 5.91 Å². The fourth-order valence-electron chi connectivity index (χ4n) is 3.17. The van der Waals surface area contributed by atoms with Crippen LogP contribution in [-0.4, -0.2) is 78.9 Å². The molecule has 1 aromatic carbocycles. The average molecular weight is 442 g/mol. The molecule has 0 saturated carbocycles. The number of rotatable bonds is 12. The Labute approximate surface area is 179 Å². The van der Waals surface area contributed by atoms with E-state index in [0.717, 1.165) is 0 Å². The summed E-state index contributed by atoms with van der Waals surface area (Å²) < 4.78 is 0. The third kappa shape index (κ3) is 7.79. The number of hydrogen-bond donors (Lipinski definition) is 8. The maximum absolute atomic E-state index is 12.4. The van der Waals surface area contributed by atoms with Crippen LogP contribution >= 0.6 is 0 Å². The highest BCUT2D eigenvalue weighted by molar-refractivity contribution is 5.92. The van der Waals surface area contributed by atoms with Crippen molar-refractivity contribution in [2.24, 2.45) is 11.7 Å². The first kappa shape index (κ1) is 26.3. The van der Waals surface area contributed by atoms with Crippen LogP contribution in [0.15, 0.2) is 18.2 Å². The molecule has 0 aromatic heterocycles. The van der Waals surface area contributed by atoms with Crippen LogP contribution in [0.25, 0.3) is 0 Å². The third-order valence-corrected chi connectivity index (χ3v) is 4.73. The van der Waals surface area contributed by atoms with E-state index in [0.29, 0.717) is 0 Å². The van der Waals surface area contributed by atoms with Gasteiger partial charge in [-0.15, -0.1) is 0 Å². The molecular formula is C20H30N2O9. The number of hydrogen-bond acceptors (Lipinski definition) is 8. The SMILES string of the molecule is CC(C)CC(NC(=O)C(O)C(O)C(N)CC(=O)O)C(O)Cc1cccc(O)c1C(=O)O. The first-order chi connectivity index (χ1) is 14.3. The van der Waals surface area contributed by atoms with Crippen LogP contribution in [0.5, 0.6) is 5.75 Å². The Balaban J connectivity index is 2.98. The average Bonchev–Trinajstić information content (AvgIpc) is 2.64. The quantitative estimate of drug-likeness (QED) is 0.199. The highest BCUT2D eigenvalue weighted by Crippen LogP contribution is 2.23. The van der Waals surface area contributed by atoms with Crippen molar-refractivity contribution >= 4 is 17.8 Å². The Morgan fingerprint density at radius 3 is 2.23 bits per heavy atom. The number of carboxylic acids is 2. The summed E-state index contributed by atoms with van der Waals surface area (Å²) >= 11 is 0. The van der Waals surface area contributed by atoms with Crippen molar-refractivity contribution in [3.05, 3.63) is 29.3 Å². The Hall–Kier alpha value is -2.73. The van der Waals surface area contributed by atoms with Gasteiger partial charge in [-0.1, -0.05) is 26.0 Å². The molecule has 0 saturated heterocycles. The van der Waals surface area contributed by atoms with Gasteiger partial charge < -0.3 is 41.7 Å². The summed E-state index contributed by atoms with van der Waals surface area (Å²) in [7, 11) is 0. The summed E-state index contributed by atoms with van der Waals surface area (Å²) in [6.45, 7) is 3.63. The Morgan fingerprint density at radius 2 is 1.71 bits per heavy atom. The number of aliphatic carboxylic acids is 1. The largest absolute Gasteiger partial charge is 0.507 e. The monoisotopic (exact) mass is 442 g/mol. The predicted octanol–water partition coefficient (Wildman–Crippen LogP) is -0.951. The number of amides is 1. The highest BCUT2D eigenvalue weighted by atomic mass is 16.4. The second-order valence-electron chi connectivity index (χ2n) is 7.83. The molecule has 0 radical (unpaired) electrons. The maximum Gasteiger partial charge on any atom is 0.339 e. The molecule has 0 heterocycles. The van der Waals surface area contributed by atoms with Crippen LogP contribution in [0, 0.1) is 5.92 Å². The van der Waals surface area contributed by atoms with E-state index < -0.39 is 60.4 Å². The lowest BCUT2D eigenvalue weighted by Crippen LogP contribution is -2.55. The summed E-state index contributed by atoms with van der Waals surface area (Å²) in [5.74, 6) is -4.23. The molecule has 174 valence electrons. The number of aromatic carboxylic acids is 1. The molecule has 5 unspecified atom stereocenters. The van der Waals surface area contributed by atoms with Crippen LogP contribution in [0.4, 0.5) is 0 Å². The van der Waals surface area contributed by atoms with E-state index >= 15 is 0 Å². The molecule has 0 aliphatic heterocycles. The Kier molecular flexibility index (Phi) is 9.85. The van der Waals surface area contributed by atoms with Crippen molar-refractivity contribution in [2.75, 3.05) is 0 Å². The first-order valence-corrected chi connectivity index (χ1v) is 9.71. The van der Waals surface area contributed by atoms with E-state index in [9.17, 15) is 39.9 Å². The van der Waals surface area contributed by atoms with Crippen LogP contribution in [0.1, 0.15) is 42.6 Å². The topological polar surface area (TPSA) is 211 Å². The van der Waals surface area contributed by atoms with Crippen molar-refractivity contribution in [1.82, 2.24) is 5.32 Å². The number of benzene rings is 1. The minimum absolute atomic E-state index is 0.0144. The van der Waals surface area contributed by atoms with E-state index in [4.69, 9.17) is 10.8 Å². The van der Waals surface area contributed by atoms with Crippen LogP contribution < -0.4 is 11.1 Å². The standard InChI is InChI=1S/C20H30N2O9/c1-9(2)6-12(22-19(29)18(28)17(27)11(21)8-15(25)26)14(24)7-10-4-3-5-13(23)16(10)20(30)31/h3-5,9,11-12,14,17-18,23-24,27-28H,6-8,21H2,1-2H3,(H,22,29)(H,25,26)(H,30,31). The van der Waals surface area contributed by atoms with Crippen molar-refractivity contribution in [2.45, 2.75) is 63.5 Å². The molecule has 1 aromatic rings. The van der Waals surface area contributed by atoms with Gasteiger partial charge in [-0.2, -0.15) is 0 Å². The van der Waals surface area contributed by atoms with E-state index in [1.165, 1.54) is 18.2 Å². The molecule has 0 spiro atoms. The first-order valence-electron chi connectivity index (χ1n) is 9.71. The minimum atomic E-state index is -2.04. The molecule has 11 nitrogen and oxygen atoms in total. The van der Waals surface area contributed by atoms with Crippen LogP contribution in [-0.2, 0) is 16.0 Å². The van der Waals surface area contributed by atoms with Crippen LogP contribution in [0.3, 0.4) is 0 Å². The molecule has 1 rings (SSSR count). The van der Waals surface area contributed by atoms with Gasteiger partial charge >= 0.3 is 11.9 Å². The number of carbonyl (C=O) groups excluding carboxylic acids is 1. The molecule has 0 fully saturated rings. The zero-order valence-electron chi connectivity index (χ0n) is 17.3. The fourth-order valence-corrected chi connectivity index (χ4v) is 3.17. The van der Waals surface area contributed by atoms with Gasteiger partial charge in [0.2, 0.25) is 0 Å². The number of aliphatic hydroxyl groups excluding tert-OH is 3. The lowest BCUT2D eigenvalue weighted by atomic mass is 9.92. The molecule has 0 aliphatic rings. The second-order valence-corrected chi connectivity index (χ2v) is 7.83. The summed E-state index contributed by atoms with van der Waals surface area (Å²) in [5, 5.41) is 60.9. The Morgan fingerprint density at radius 1 is 1.10 bits per heavy atom. The molecule has 9 N–H and O–H groups in total. The van der Waals surface area contributed by atoms with Crippen molar-refractivity contribution in [3.8, 4) is 5.75 Å². The van der Waals surface area contributed by atoms with E-state index in [1.54, 1.807) is 0 Å². The number of phenols is 1. The molecule has 0 bridgehead atoms. The zero-order valence-corrected chi connectivity index (χ0v) is 17.3. The number of aliphatic hydroxyl groups is 3. The van der Waals surface area contributed by atoms with Crippen molar-refractivity contribution in [1.29, 1.82) is 0 Å². The van der Waals surface area contributed by atoms with Gasteiger partial charge in [0, 0.05) is 12.5 Å². The molecule has 5 atom stereocenters. The van der Waals surface area contributed by atoms with Crippen molar-refractivity contribution in [3.63, 3.8) is 0 Å². The maximum atomic E-state index is 12.4. The highest BCUT2D eigenvalue weighted by Gasteiger charge is 2.33. The third-order valence-electron chi connectivity index (χ3n) is 4.73. The van der Waals surface area contributed by atoms with Gasteiger partial charge in [-0.25, -0.2) is 4.79 Å². The lowest BCUT2D eigenvalue weighted by molar-refractivity contribution is -0.142. The number of carboxylic acid groups (broad SMARTS) is 2. The van der Waals surface area contributed by atoms with Crippen molar-refractivity contribution < 1.29 is 45.0 Å². The van der Waals surface area contributed by atoms with Gasteiger partial charge in [0.15, 0.2) is 6.10 Å². The smallest absolute Gasteiger partial charge is 0.339 e. The summed E-state index contributed by atoms with van der Waals surface area (Å²) in [6, 6.07) is 1.71. The predicted molar refractivity (Wildman–Crippen MR) is 108 cm³/mol. The normalized spacial score (nSPS) is 16.2. The summed E-state index contributed by atoms with van der Waals surface area (Å²) in [5.41, 5.74) is 5.27. The number of aromatic hydroxyl groups is 1. The molecule has 1 amide bonds. The fraction of sp³-hybridized carbons (Fsp3) is 0.550. The second kappa shape index (κ2) is 11.6. The van der Waals surface area contributed by atoms with E-state index in [2.05, 4.69) is 5.32 Å². The number of nitrogens with two attached hydrogens (primary N) is 1. The zero-order chi connectivity index (χ0) is 23.9. The van der Waals surface area contributed by atoms with E-state index in [1.807, 2.05) is 13.8 Å². The number of nitrogens with one attached hydrogen (secondary N) is 1. The van der Waals surface area contributed by atoms with Gasteiger partial charge in [-0.05, 0) is 24.0 Å². The molecule has 11 heteroatoms. The van der Waals surface area contributed by atoms with Gasteiger partial charge in [-0.3, -0.25) is 9.59 Å².